The van der Waals surface area contributed by atoms with Gasteiger partial charge in [0.25, 0.3) is 0 Å². The minimum Gasteiger partial charge on any atom is -0.493 e. The fourth-order valence-corrected chi connectivity index (χ4v) is 4.77. The van der Waals surface area contributed by atoms with Crippen molar-refractivity contribution < 1.29 is 19.0 Å². The Hall–Kier alpha value is -3.07. The number of hydrogen-bond acceptors (Lipinski definition) is 8. The third-order valence-electron chi connectivity index (χ3n) is 5.41. The van der Waals surface area contributed by atoms with Crippen molar-refractivity contribution in [3.8, 4) is 17.2 Å². The first-order valence-electron chi connectivity index (χ1n) is 10.2. The summed E-state index contributed by atoms with van der Waals surface area (Å²) < 4.78 is 16.1. The smallest absolute Gasteiger partial charge is 0.225 e. The van der Waals surface area contributed by atoms with E-state index in [1.807, 2.05) is 24.3 Å². The molecule has 0 radical (unpaired) electrons. The van der Waals surface area contributed by atoms with E-state index in [-0.39, 0.29) is 11.8 Å². The average Bonchev–Trinajstić information content (AvgIpc) is 3.26. The predicted octanol–water partition coefficient (Wildman–Crippen LogP) is 3.25. The fourth-order valence-electron chi connectivity index (χ4n) is 3.83. The zero-order chi connectivity index (χ0) is 21.8. The summed E-state index contributed by atoms with van der Waals surface area (Å²) in [4.78, 5) is 25.1. The van der Waals surface area contributed by atoms with Crippen LogP contribution in [0.5, 0.6) is 17.2 Å². The number of pyridine rings is 1. The van der Waals surface area contributed by atoms with Crippen LogP contribution in [0.4, 0.5) is 5.13 Å². The van der Waals surface area contributed by atoms with Crippen LogP contribution in [0, 0.1) is 5.92 Å². The van der Waals surface area contributed by atoms with Gasteiger partial charge in [-0.15, -0.1) is 0 Å². The Morgan fingerprint density at radius 1 is 1.23 bits per heavy atom. The number of piperidine rings is 1. The molecular weight excluding hydrogens is 416 g/mol. The van der Waals surface area contributed by atoms with E-state index in [0.29, 0.717) is 30.3 Å². The van der Waals surface area contributed by atoms with Gasteiger partial charge in [-0.2, -0.15) is 0 Å². The number of benzene rings is 1. The molecule has 1 N–H and O–H groups in total. The molecule has 8 nitrogen and oxygen atoms in total. The molecule has 4 rings (SSSR count). The summed E-state index contributed by atoms with van der Waals surface area (Å²) >= 11 is 1.57. The number of hydrogen-bond donors (Lipinski definition) is 1. The van der Waals surface area contributed by atoms with Crippen molar-refractivity contribution in [2.45, 2.75) is 19.4 Å². The van der Waals surface area contributed by atoms with Crippen LogP contribution in [0.15, 0.2) is 30.5 Å². The number of ether oxygens (including phenoxy) is 3. The molecule has 31 heavy (non-hydrogen) atoms. The van der Waals surface area contributed by atoms with E-state index in [9.17, 15) is 4.79 Å². The molecule has 0 saturated carbocycles. The van der Waals surface area contributed by atoms with E-state index in [2.05, 4.69) is 20.2 Å². The van der Waals surface area contributed by atoms with Crippen molar-refractivity contribution in [2.24, 2.45) is 5.92 Å². The molecule has 1 aliphatic rings. The van der Waals surface area contributed by atoms with Crippen LogP contribution >= 0.6 is 11.3 Å². The summed E-state index contributed by atoms with van der Waals surface area (Å²) in [5.41, 5.74) is 1.78. The second kappa shape index (κ2) is 9.38. The molecule has 164 valence electrons. The highest BCUT2D eigenvalue weighted by atomic mass is 32.1. The number of nitrogens with zero attached hydrogens (tertiary/aromatic N) is 3. The molecular formula is C22H26N4O4S. The van der Waals surface area contributed by atoms with Crippen molar-refractivity contribution in [3.63, 3.8) is 0 Å². The van der Waals surface area contributed by atoms with E-state index >= 15 is 0 Å². The van der Waals surface area contributed by atoms with Crippen LogP contribution in [0.2, 0.25) is 0 Å². The molecule has 1 saturated heterocycles. The Morgan fingerprint density at radius 3 is 2.68 bits per heavy atom. The maximum atomic E-state index is 12.9. The minimum absolute atomic E-state index is 0.0395. The largest absolute Gasteiger partial charge is 0.493 e. The summed E-state index contributed by atoms with van der Waals surface area (Å²) in [6, 6.07) is 7.56. The number of carbonyl (C=O) groups excluding carboxylic acids is 1. The Labute approximate surface area is 185 Å². The first kappa shape index (κ1) is 21.2. The molecule has 3 heterocycles. The number of methoxy groups -OCH3 is 3. The average molecular weight is 443 g/mol. The lowest BCUT2D eigenvalue weighted by Crippen LogP contribution is -2.42. The zero-order valence-electron chi connectivity index (χ0n) is 17.9. The molecule has 3 aromatic rings. The maximum Gasteiger partial charge on any atom is 0.225 e. The number of aromatic nitrogens is 2. The van der Waals surface area contributed by atoms with Gasteiger partial charge in [0.1, 0.15) is 10.3 Å². The van der Waals surface area contributed by atoms with Crippen LogP contribution in [0.1, 0.15) is 18.4 Å². The van der Waals surface area contributed by atoms with Gasteiger partial charge in [0, 0.05) is 25.8 Å². The van der Waals surface area contributed by atoms with Gasteiger partial charge >= 0.3 is 0 Å². The number of fused-ring (bicyclic) bond motifs is 1. The third kappa shape index (κ3) is 4.51. The Balaban J connectivity index is 1.41. The molecule has 2 aromatic heterocycles. The van der Waals surface area contributed by atoms with Crippen molar-refractivity contribution in [1.82, 2.24) is 15.3 Å². The van der Waals surface area contributed by atoms with E-state index in [4.69, 9.17) is 14.2 Å². The minimum atomic E-state index is -0.0873. The number of rotatable bonds is 7. The quantitative estimate of drug-likeness (QED) is 0.601. The number of anilines is 1. The number of carbonyl (C=O) groups is 1. The van der Waals surface area contributed by atoms with Gasteiger partial charge in [-0.3, -0.25) is 4.79 Å². The second-order valence-electron chi connectivity index (χ2n) is 7.36. The highest BCUT2D eigenvalue weighted by Gasteiger charge is 2.27. The first-order chi connectivity index (χ1) is 15.1. The van der Waals surface area contributed by atoms with Gasteiger partial charge in [0.05, 0.1) is 27.2 Å². The molecule has 0 aliphatic carbocycles. The van der Waals surface area contributed by atoms with Crippen LogP contribution < -0.4 is 24.4 Å². The van der Waals surface area contributed by atoms with E-state index in [1.54, 1.807) is 38.9 Å². The van der Waals surface area contributed by atoms with Gasteiger partial charge in [0.15, 0.2) is 16.6 Å². The first-order valence-corrected chi connectivity index (χ1v) is 11.0. The Kier molecular flexibility index (Phi) is 6.41. The summed E-state index contributed by atoms with van der Waals surface area (Å²) in [6.45, 7) is 1.94. The SMILES string of the molecule is COc1cc(CNC(=O)[C@H]2CCCN(c3nc4cccnc4s3)C2)cc(OC)c1OC. The molecule has 1 amide bonds. The van der Waals surface area contributed by atoms with Crippen molar-refractivity contribution in [3.05, 3.63) is 36.0 Å². The summed E-state index contributed by atoms with van der Waals surface area (Å²) in [6.07, 6.45) is 3.59. The van der Waals surface area contributed by atoms with Gasteiger partial charge in [0.2, 0.25) is 11.7 Å². The van der Waals surface area contributed by atoms with Gasteiger partial charge in [-0.25, -0.2) is 9.97 Å². The standard InChI is InChI=1S/C22H26N4O4S/c1-28-17-10-14(11-18(29-2)19(17)30-3)12-24-20(27)15-6-5-9-26(13-15)22-25-16-7-4-8-23-21(16)31-22/h4,7-8,10-11,15H,5-6,9,12-13H2,1-3H3,(H,24,27)/t15-/m0/s1. The van der Waals surface area contributed by atoms with Gasteiger partial charge < -0.3 is 24.4 Å². The van der Waals surface area contributed by atoms with Crippen LogP contribution in [0.25, 0.3) is 10.3 Å². The molecule has 0 unspecified atom stereocenters. The van der Waals surface area contributed by atoms with Crippen LogP contribution in [0.3, 0.4) is 0 Å². The van der Waals surface area contributed by atoms with Crippen LogP contribution in [-0.2, 0) is 11.3 Å². The molecule has 1 atom stereocenters. The lowest BCUT2D eigenvalue weighted by Gasteiger charge is -2.31. The highest BCUT2D eigenvalue weighted by Crippen LogP contribution is 2.38. The molecule has 1 aliphatic heterocycles. The van der Waals surface area contributed by atoms with Crippen molar-refractivity contribution >= 4 is 32.7 Å². The Morgan fingerprint density at radius 2 is 2.00 bits per heavy atom. The Bertz CT molecular complexity index is 1010. The molecule has 0 spiro atoms. The fraction of sp³-hybridized carbons (Fsp3) is 0.409. The summed E-state index contributed by atoms with van der Waals surface area (Å²) in [5, 5.41) is 3.99. The van der Waals surface area contributed by atoms with E-state index in [1.165, 1.54) is 0 Å². The lowest BCUT2D eigenvalue weighted by atomic mass is 9.97. The molecule has 1 fully saturated rings. The van der Waals surface area contributed by atoms with Crippen LogP contribution in [-0.4, -0.2) is 50.3 Å². The number of nitrogens with one attached hydrogen (secondary N) is 1. The highest BCUT2D eigenvalue weighted by molar-refractivity contribution is 7.21. The summed E-state index contributed by atoms with van der Waals surface area (Å²) in [5.74, 6) is 1.63. The lowest BCUT2D eigenvalue weighted by molar-refractivity contribution is -0.125. The molecule has 9 heteroatoms. The van der Waals surface area contributed by atoms with E-state index in [0.717, 1.165) is 40.4 Å². The number of thiazole rings is 1. The van der Waals surface area contributed by atoms with Crippen molar-refractivity contribution in [2.75, 3.05) is 39.3 Å². The molecule has 0 bridgehead atoms. The zero-order valence-corrected chi connectivity index (χ0v) is 18.7. The second-order valence-corrected chi connectivity index (χ2v) is 8.32. The predicted molar refractivity (Wildman–Crippen MR) is 120 cm³/mol. The summed E-state index contributed by atoms with van der Waals surface area (Å²) in [7, 11) is 4.72. The van der Waals surface area contributed by atoms with E-state index < -0.39 is 0 Å². The van der Waals surface area contributed by atoms with Gasteiger partial charge in [-0.05, 0) is 42.7 Å². The van der Waals surface area contributed by atoms with Gasteiger partial charge in [-0.1, -0.05) is 11.3 Å². The maximum absolute atomic E-state index is 12.9. The monoisotopic (exact) mass is 442 g/mol. The number of amides is 1. The topological polar surface area (TPSA) is 85.8 Å². The third-order valence-corrected chi connectivity index (χ3v) is 6.45. The molecule has 1 aromatic carbocycles. The van der Waals surface area contributed by atoms with Crippen molar-refractivity contribution in [1.29, 1.82) is 0 Å². The normalized spacial score (nSPS) is 16.2.